The van der Waals surface area contributed by atoms with Gasteiger partial charge in [0, 0.05) is 55.2 Å². The summed E-state index contributed by atoms with van der Waals surface area (Å²) in [6.45, 7) is 11.2. The molecule has 3 aromatic heterocycles. The van der Waals surface area contributed by atoms with Gasteiger partial charge in [0.2, 0.25) is 0 Å². The first-order chi connectivity index (χ1) is 14.9. The van der Waals surface area contributed by atoms with Crippen molar-refractivity contribution in [3.63, 3.8) is 0 Å². The van der Waals surface area contributed by atoms with Gasteiger partial charge < -0.3 is 19.0 Å². The third kappa shape index (κ3) is 3.59. The summed E-state index contributed by atoms with van der Waals surface area (Å²) >= 11 is 0. The van der Waals surface area contributed by atoms with Crippen LogP contribution in [-0.2, 0) is 0 Å². The van der Waals surface area contributed by atoms with E-state index in [1.807, 2.05) is 48.8 Å². The first-order valence-electron chi connectivity index (χ1n) is 10.8. The molecule has 31 heavy (non-hydrogen) atoms. The molecular formula is C24H27N5O2. The van der Waals surface area contributed by atoms with E-state index in [9.17, 15) is 4.79 Å². The molecule has 160 valence electrons. The predicted octanol–water partition coefficient (Wildman–Crippen LogP) is 3.55. The van der Waals surface area contributed by atoms with E-state index in [1.165, 1.54) is 0 Å². The van der Waals surface area contributed by atoms with E-state index in [0.29, 0.717) is 28.8 Å². The summed E-state index contributed by atoms with van der Waals surface area (Å²) in [5.74, 6) is 0.566. The average molecular weight is 418 g/mol. The number of hydrogen-bond acceptors (Lipinski definition) is 6. The molecule has 5 rings (SSSR count). The Bertz CT molecular complexity index is 1340. The summed E-state index contributed by atoms with van der Waals surface area (Å²) in [7, 11) is 0. The maximum atomic E-state index is 12.8. The zero-order chi connectivity index (χ0) is 21.7. The van der Waals surface area contributed by atoms with Crippen molar-refractivity contribution in [2.45, 2.75) is 33.7 Å². The molecule has 1 aromatic carbocycles. The van der Waals surface area contributed by atoms with Crippen molar-refractivity contribution in [3.05, 3.63) is 58.5 Å². The lowest BCUT2D eigenvalue weighted by molar-refractivity contribution is 0.368. The van der Waals surface area contributed by atoms with E-state index in [4.69, 9.17) is 4.42 Å². The standard InChI is InChI=1S/C24H27N5O2/c1-14(2)20-12-28(8-7-25-20)18-6-5-17-9-19(24(30)31-22(17)10-18)21-13-29-11-15(3)26-16(4)23(29)27-21/h5-6,9-11,13-14,20,25H,7-8,12H2,1-4H3/t20-/m1/s1. The molecule has 1 saturated heterocycles. The number of nitrogens with one attached hydrogen (secondary N) is 1. The highest BCUT2D eigenvalue weighted by molar-refractivity contribution is 5.84. The smallest absolute Gasteiger partial charge is 0.345 e. The molecule has 1 atom stereocenters. The molecule has 0 spiro atoms. The highest BCUT2D eigenvalue weighted by Crippen LogP contribution is 2.26. The van der Waals surface area contributed by atoms with Crippen molar-refractivity contribution in [3.8, 4) is 11.3 Å². The lowest BCUT2D eigenvalue weighted by Gasteiger charge is -2.37. The predicted molar refractivity (Wildman–Crippen MR) is 123 cm³/mol. The van der Waals surface area contributed by atoms with Crippen LogP contribution in [0.3, 0.4) is 0 Å². The second kappa shape index (κ2) is 7.50. The largest absolute Gasteiger partial charge is 0.422 e. The van der Waals surface area contributed by atoms with E-state index < -0.39 is 0 Å². The molecule has 0 bridgehead atoms. The van der Waals surface area contributed by atoms with Crippen LogP contribution in [0, 0.1) is 19.8 Å². The number of imidazole rings is 1. The van der Waals surface area contributed by atoms with E-state index >= 15 is 0 Å². The molecule has 0 aliphatic carbocycles. The van der Waals surface area contributed by atoms with Gasteiger partial charge in [-0.2, -0.15) is 0 Å². The molecular weight excluding hydrogens is 390 g/mol. The SMILES string of the molecule is Cc1cn2cc(-c3cc4ccc(N5CCN[C@@H](C(C)C)C5)cc4oc3=O)nc2c(C)n1. The van der Waals surface area contributed by atoms with Gasteiger partial charge in [-0.3, -0.25) is 4.98 Å². The van der Waals surface area contributed by atoms with Crippen LogP contribution in [0.5, 0.6) is 0 Å². The van der Waals surface area contributed by atoms with Gasteiger partial charge in [0.1, 0.15) is 5.58 Å². The van der Waals surface area contributed by atoms with E-state index in [0.717, 1.165) is 47.7 Å². The first-order valence-corrected chi connectivity index (χ1v) is 10.8. The summed E-state index contributed by atoms with van der Waals surface area (Å²) in [5, 5.41) is 4.47. The Hall–Kier alpha value is -3.19. The van der Waals surface area contributed by atoms with Crippen LogP contribution >= 0.6 is 0 Å². The lowest BCUT2D eigenvalue weighted by Crippen LogP contribution is -2.52. The van der Waals surface area contributed by atoms with Crippen LogP contribution in [0.15, 0.2) is 45.9 Å². The summed E-state index contributed by atoms with van der Waals surface area (Å²) < 4.78 is 7.65. The van der Waals surface area contributed by atoms with Crippen LogP contribution in [0.25, 0.3) is 27.9 Å². The Kier molecular flexibility index (Phi) is 4.78. The Labute approximate surface area is 180 Å². The Morgan fingerprint density at radius 2 is 2.00 bits per heavy atom. The monoisotopic (exact) mass is 417 g/mol. The van der Waals surface area contributed by atoms with Gasteiger partial charge in [0.25, 0.3) is 0 Å². The topological polar surface area (TPSA) is 75.7 Å². The van der Waals surface area contributed by atoms with Gasteiger partial charge >= 0.3 is 5.63 Å². The molecule has 0 unspecified atom stereocenters. The number of nitrogens with zero attached hydrogens (tertiary/aromatic N) is 4. The molecule has 0 amide bonds. The zero-order valence-electron chi connectivity index (χ0n) is 18.3. The van der Waals surface area contributed by atoms with Gasteiger partial charge in [0.15, 0.2) is 5.65 Å². The van der Waals surface area contributed by atoms with Crippen molar-refractivity contribution in [1.29, 1.82) is 0 Å². The number of anilines is 1. The van der Waals surface area contributed by atoms with Crippen molar-refractivity contribution in [2.24, 2.45) is 5.92 Å². The van der Waals surface area contributed by atoms with E-state index in [2.05, 4.69) is 40.1 Å². The number of rotatable bonds is 3. The molecule has 1 N–H and O–H groups in total. The normalized spacial score (nSPS) is 17.2. The highest BCUT2D eigenvalue weighted by Gasteiger charge is 2.22. The number of piperazine rings is 1. The number of aromatic nitrogens is 3. The number of benzene rings is 1. The molecule has 7 heteroatoms. The van der Waals surface area contributed by atoms with Crippen LogP contribution in [0.2, 0.25) is 0 Å². The minimum atomic E-state index is -0.379. The quantitative estimate of drug-likeness (QED) is 0.514. The fraction of sp³-hybridized carbons (Fsp3) is 0.375. The number of aryl methyl sites for hydroxylation is 2. The van der Waals surface area contributed by atoms with Crippen molar-refractivity contribution in [2.75, 3.05) is 24.5 Å². The van der Waals surface area contributed by atoms with E-state index in [-0.39, 0.29) is 5.63 Å². The van der Waals surface area contributed by atoms with E-state index in [1.54, 1.807) is 0 Å². The van der Waals surface area contributed by atoms with Gasteiger partial charge in [-0.1, -0.05) is 13.8 Å². The highest BCUT2D eigenvalue weighted by atomic mass is 16.4. The average Bonchev–Trinajstić information content (AvgIpc) is 3.17. The van der Waals surface area contributed by atoms with Crippen LogP contribution < -0.4 is 15.8 Å². The van der Waals surface area contributed by atoms with Crippen molar-refractivity contribution < 1.29 is 4.42 Å². The number of hydrogen-bond donors (Lipinski definition) is 1. The molecule has 7 nitrogen and oxygen atoms in total. The Morgan fingerprint density at radius 3 is 2.81 bits per heavy atom. The second-order valence-corrected chi connectivity index (χ2v) is 8.75. The first kappa shape index (κ1) is 19.8. The molecule has 0 saturated carbocycles. The Balaban J connectivity index is 1.53. The third-order valence-electron chi connectivity index (χ3n) is 6.10. The molecule has 1 aliphatic heterocycles. The minimum absolute atomic E-state index is 0.379. The van der Waals surface area contributed by atoms with Crippen LogP contribution in [-0.4, -0.2) is 40.0 Å². The molecule has 1 fully saturated rings. The second-order valence-electron chi connectivity index (χ2n) is 8.75. The minimum Gasteiger partial charge on any atom is -0.422 e. The third-order valence-corrected chi connectivity index (χ3v) is 6.10. The fourth-order valence-electron chi connectivity index (χ4n) is 4.37. The van der Waals surface area contributed by atoms with Gasteiger partial charge in [-0.05, 0) is 38.0 Å². The lowest BCUT2D eigenvalue weighted by atomic mass is 10.0. The molecule has 1 aliphatic rings. The van der Waals surface area contributed by atoms with Gasteiger partial charge in [-0.15, -0.1) is 0 Å². The van der Waals surface area contributed by atoms with Crippen LogP contribution in [0.4, 0.5) is 5.69 Å². The summed E-state index contributed by atoms with van der Waals surface area (Å²) in [4.78, 5) is 24.3. The van der Waals surface area contributed by atoms with Crippen molar-refractivity contribution >= 4 is 22.3 Å². The molecule has 4 heterocycles. The van der Waals surface area contributed by atoms with Gasteiger partial charge in [0.05, 0.1) is 22.6 Å². The molecule has 4 aromatic rings. The van der Waals surface area contributed by atoms with Crippen molar-refractivity contribution in [1.82, 2.24) is 19.7 Å². The number of fused-ring (bicyclic) bond motifs is 2. The zero-order valence-corrected chi connectivity index (χ0v) is 18.3. The maximum Gasteiger partial charge on any atom is 0.345 e. The van der Waals surface area contributed by atoms with Gasteiger partial charge in [-0.25, -0.2) is 9.78 Å². The summed E-state index contributed by atoms with van der Waals surface area (Å²) in [5.41, 5.74) is 4.84. The fourth-order valence-corrected chi connectivity index (χ4v) is 4.37. The summed E-state index contributed by atoms with van der Waals surface area (Å²) in [6.07, 6.45) is 3.77. The molecule has 0 radical (unpaired) electrons. The summed E-state index contributed by atoms with van der Waals surface area (Å²) in [6, 6.07) is 8.43. The maximum absolute atomic E-state index is 12.8. The van der Waals surface area contributed by atoms with Crippen LogP contribution in [0.1, 0.15) is 25.2 Å². The Morgan fingerprint density at radius 1 is 1.16 bits per heavy atom.